The van der Waals surface area contributed by atoms with Crippen molar-refractivity contribution < 1.29 is 14.3 Å². The van der Waals surface area contributed by atoms with Gasteiger partial charge in [0.1, 0.15) is 0 Å². The Labute approximate surface area is 260 Å². The van der Waals surface area contributed by atoms with Gasteiger partial charge in [-0.25, -0.2) is 0 Å². The number of nitrogens with one attached hydrogen (secondary N) is 1. The highest BCUT2D eigenvalue weighted by molar-refractivity contribution is 6.10. The van der Waals surface area contributed by atoms with Crippen molar-refractivity contribution in [3.8, 4) is 11.1 Å². The molecule has 4 aromatic carbocycles. The lowest BCUT2D eigenvalue weighted by Crippen LogP contribution is -2.37. The van der Waals surface area contributed by atoms with E-state index < -0.39 is 0 Å². The van der Waals surface area contributed by atoms with Gasteiger partial charge >= 0.3 is 0 Å². The summed E-state index contributed by atoms with van der Waals surface area (Å²) in [6.45, 7) is 7.40. The maximum atomic E-state index is 13.8. The van der Waals surface area contributed by atoms with Crippen LogP contribution in [0.4, 0.5) is 17.1 Å². The van der Waals surface area contributed by atoms with Crippen molar-refractivity contribution in [3.63, 3.8) is 0 Å². The Morgan fingerprint density at radius 1 is 0.682 bits per heavy atom. The molecule has 226 valence electrons. The fourth-order valence-electron chi connectivity index (χ4n) is 6.13. The molecule has 0 spiro atoms. The molecule has 1 N–H and O–H groups in total. The number of para-hydroxylation sites is 2. The van der Waals surface area contributed by atoms with Crippen molar-refractivity contribution in [1.29, 1.82) is 0 Å². The molecule has 1 saturated heterocycles. The molecule has 0 bridgehead atoms. The quantitative estimate of drug-likeness (QED) is 0.224. The van der Waals surface area contributed by atoms with E-state index in [1.807, 2.05) is 65.6 Å². The fourth-order valence-corrected chi connectivity index (χ4v) is 6.13. The third-order valence-electron chi connectivity index (χ3n) is 8.47. The average molecular weight is 589 g/mol. The van der Waals surface area contributed by atoms with Crippen molar-refractivity contribution in [2.45, 2.75) is 19.3 Å². The highest BCUT2D eigenvalue weighted by Gasteiger charge is 2.25. The molecule has 4 aromatic rings. The summed E-state index contributed by atoms with van der Waals surface area (Å²) in [5.41, 5.74) is 5.79. The van der Waals surface area contributed by atoms with E-state index in [9.17, 15) is 9.59 Å². The second-order valence-electron chi connectivity index (χ2n) is 11.4. The summed E-state index contributed by atoms with van der Waals surface area (Å²) >= 11 is 0. The number of benzene rings is 4. The first-order valence-corrected chi connectivity index (χ1v) is 15.7. The number of hydrogen-bond donors (Lipinski definition) is 1. The van der Waals surface area contributed by atoms with Crippen molar-refractivity contribution in [1.82, 2.24) is 4.90 Å². The Balaban J connectivity index is 1.11. The summed E-state index contributed by atoms with van der Waals surface area (Å²) < 4.78 is 5.47. The summed E-state index contributed by atoms with van der Waals surface area (Å²) in [6, 6.07) is 33.0. The van der Waals surface area contributed by atoms with Crippen molar-refractivity contribution in [2.75, 3.05) is 67.6 Å². The van der Waals surface area contributed by atoms with Gasteiger partial charge in [0, 0.05) is 49.5 Å². The maximum Gasteiger partial charge on any atom is 0.258 e. The summed E-state index contributed by atoms with van der Waals surface area (Å²) in [5, 5.41) is 3.01. The number of anilines is 3. The number of unbranched alkanes of at least 4 members (excludes halogenated alkanes) is 1. The van der Waals surface area contributed by atoms with Crippen LogP contribution < -0.4 is 15.1 Å². The van der Waals surface area contributed by atoms with Gasteiger partial charge in [0.15, 0.2) is 0 Å². The number of morpholine rings is 1. The lowest BCUT2D eigenvalue weighted by molar-refractivity contribution is 0.0372. The molecule has 0 radical (unpaired) electrons. The summed E-state index contributed by atoms with van der Waals surface area (Å²) in [4.78, 5) is 33.9. The Morgan fingerprint density at radius 2 is 1.36 bits per heavy atom. The molecule has 44 heavy (non-hydrogen) atoms. The minimum Gasteiger partial charge on any atom is -0.379 e. The Morgan fingerprint density at radius 3 is 2.16 bits per heavy atom. The second-order valence-corrected chi connectivity index (χ2v) is 11.4. The molecule has 0 saturated carbocycles. The van der Waals surface area contributed by atoms with Crippen LogP contribution in [0.25, 0.3) is 11.1 Å². The van der Waals surface area contributed by atoms with Gasteiger partial charge < -0.3 is 19.9 Å². The van der Waals surface area contributed by atoms with Gasteiger partial charge in [0.2, 0.25) is 0 Å². The first-order chi connectivity index (χ1) is 21.7. The number of amides is 2. The van der Waals surface area contributed by atoms with Crippen LogP contribution in [0.2, 0.25) is 0 Å². The number of carbonyl (C=O) groups is 2. The average Bonchev–Trinajstić information content (AvgIpc) is 3.27. The molecular formula is C37H40N4O3. The fraction of sp³-hybridized carbons (Fsp3) is 0.297. The molecule has 0 atom stereocenters. The molecule has 7 nitrogen and oxygen atoms in total. The number of rotatable bonds is 9. The lowest BCUT2D eigenvalue weighted by atomic mass is 9.99. The van der Waals surface area contributed by atoms with Crippen LogP contribution in [-0.2, 0) is 4.74 Å². The van der Waals surface area contributed by atoms with Gasteiger partial charge in [-0.1, -0.05) is 60.7 Å². The first-order valence-electron chi connectivity index (χ1n) is 15.7. The minimum absolute atomic E-state index is 0.0288. The third-order valence-corrected chi connectivity index (χ3v) is 8.47. The summed E-state index contributed by atoms with van der Waals surface area (Å²) in [5.74, 6) is -0.214. The standard InChI is InChI=1S/C37H40N4O3/c42-36(33-14-5-4-13-32(33)29-11-2-1-3-12-29)38-31-19-17-30(18-20-31)37(43)41-24-10-23-40(34-15-6-7-16-35(34)41)22-9-8-21-39-25-27-44-28-26-39/h1-7,11-20H,8-10,21-28H2,(H,38,42). The predicted octanol–water partition coefficient (Wildman–Crippen LogP) is 6.58. The van der Waals surface area contributed by atoms with E-state index in [2.05, 4.69) is 33.3 Å². The molecule has 6 rings (SSSR count). The Bertz CT molecular complexity index is 1550. The van der Waals surface area contributed by atoms with Crippen LogP contribution in [0.1, 0.15) is 40.0 Å². The predicted molar refractivity (Wildman–Crippen MR) is 178 cm³/mol. The molecule has 0 aromatic heterocycles. The molecule has 2 aliphatic rings. The molecular weight excluding hydrogens is 548 g/mol. The zero-order valence-corrected chi connectivity index (χ0v) is 25.2. The molecule has 0 unspecified atom stereocenters. The van der Waals surface area contributed by atoms with E-state index in [-0.39, 0.29) is 11.8 Å². The van der Waals surface area contributed by atoms with Gasteiger partial charge in [-0.15, -0.1) is 0 Å². The van der Waals surface area contributed by atoms with Crippen molar-refractivity contribution >= 4 is 28.9 Å². The second kappa shape index (κ2) is 14.3. The zero-order valence-electron chi connectivity index (χ0n) is 25.2. The molecule has 2 heterocycles. The topological polar surface area (TPSA) is 65.1 Å². The summed E-state index contributed by atoms with van der Waals surface area (Å²) in [6.07, 6.45) is 3.17. The van der Waals surface area contributed by atoms with Gasteiger partial charge in [0.05, 0.1) is 24.6 Å². The van der Waals surface area contributed by atoms with E-state index in [0.29, 0.717) is 23.4 Å². The summed E-state index contributed by atoms with van der Waals surface area (Å²) in [7, 11) is 0. The smallest absolute Gasteiger partial charge is 0.258 e. The SMILES string of the molecule is O=C(Nc1ccc(C(=O)N2CCCN(CCCCN3CCOCC3)c3ccccc32)cc1)c1ccccc1-c1ccccc1. The van der Waals surface area contributed by atoms with E-state index in [1.54, 1.807) is 24.3 Å². The Hall–Kier alpha value is -4.46. The first kappa shape index (κ1) is 29.6. The molecule has 0 aliphatic carbocycles. The van der Waals surface area contributed by atoms with Crippen molar-refractivity contribution in [3.05, 3.63) is 114 Å². The van der Waals surface area contributed by atoms with Crippen LogP contribution in [-0.4, -0.2) is 69.2 Å². The third kappa shape index (κ3) is 7.01. The van der Waals surface area contributed by atoms with Crippen LogP contribution >= 0.6 is 0 Å². The number of fused-ring (bicyclic) bond motifs is 1. The lowest BCUT2D eigenvalue weighted by Gasteiger charge is -2.28. The number of carbonyl (C=O) groups excluding carboxylic acids is 2. The molecule has 7 heteroatoms. The van der Waals surface area contributed by atoms with Gasteiger partial charge in [-0.3, -0.25) is 14.5 Å². The zero-order chi connectivity index (χ0) is 30.1. The number of nitrogens with zero attached hydrogens (tertiary/aromatic N) is 3. The van der Waals surface area contributed by atoms with Gasteiger partial charge in [0.25, 0.3) is 11.8 Å². The van der Waals surface area contributed by atoms with E-state index in [0.717, 1.165) is 87.7 Å². The van der Waals surface area contributed by atoms with E-state index >= 15 is 0 Å². The highest BCUT2D eigenvalue weighted by Crippen LogP contribution is 2.33. The minimum atomic E-state index is -0.185. The number of hydrogen-bond acceptors (Lipinski definition) is 5. The van der Waals surface area contributed by atoms with E-state index in [1.165, 1.54) is 0 Å². The monoisotopic (exact) mass is 588 g/mol. The largest absolute Gasteiger partial charge is 0.379 e. The van der Waals surface area contributed by atoms with Gasteiger partial charge in [-0.05, 0) is 79.4 Å². The molecule has 2 amide bonds. The number of ether oxygens (including phenoxy) is 1. The van der Waals surface area contributed by atoms with Crippen LogP contribution in [0.15, 0.2) is 103 Å². The van der Waals surface area contributed by atoms with E-state index in [4.69, 9.17) is 4.74 Å². The van der Waals surface area contributed by atoms with Gasteiger partial charge in [-0.2, -0.15) is 0 Å². The highest BCUT2D eigenvalue weighted by atomic mass is 16.5. The molecule has 2 aliphatic heterocycles. The maximum absolute atomic E-state index is 13.8. The van der Waals surface area contributed by atoms with Crippen molar-refractivity contribution in [2.24, 2.45) is 0 Å². The Kier molecular flexibility index (Phi) is 9.65. The van der Waals surface area contributed by atoms with Crippen LogP contribution in [0.5, 0.6) is 0 Å². The molecule has 1 fully saturated rings. The van der Waals surface area contributed by atoms with Crippen LogP contribution in [0, 0.1) is 0 Å². The van der Waals surface area contributed by atoms with Crippen LogP contribution in [0.3, 0.4) is 0 Å². The normalized spacial score (nSPS) is 15.4.